The van der Waals surface area contributed by atoms with E-state index in [0.717, 1.165) is 24.1 Å². The Kier molecular flexibility index (Phi) is 4.56. The highest BCUT2D eigenvalue weighted by Gasteiger charge is 2.19. The van der Waals surface area contributed by atoms with Crippen molar-refractivity contribution < 1.29 is 9.21 Å². The Morgan fingerprint density at radius 2 is 1.95 bits per heavy atom. The van der Waals surface area contributed by atoms with Gasteiger partial charge in [0.05, 0.1) is 12.1 Å². The number of oxazole rings is 1. The summed E-state index contributed by atoms with van der Waals surface area (Å²) < 4.78 is 5.79. The summed E-state index contributed by atoms with van der Waals surface area (Å²) in [5, 5.41) is 3.12. The number of aryl methyl sites for hydroxylation is 1. The zero-order chi connectivity index (χ0) is 15.4. The number of nitrogens with zero attached hydrogens (tertiary/aromatic N) is 1. The molecule has 0 unspecified atom stereocenters. The predicted molar refractivity (Wildman–Crippen MR) is 85.4 cm³/mol. The number of hydrogen-bond donors (Lipinski definition) is 1. The van der Waals surface area contributed by atoms with Gasteiger partial charge in [-0.3, -0.25) is 4.79 Å². The minimum Gasteiger partial charge on any atom is -0.440 e. The van der Waals surface area contributed by atoms with Crippen LogP contribution in [0, 0.1) is 6.92 Å². The molecular formula is C18H22N2O2. The van der Waals surface area contributed by atoms with Gasteiger partial charge in [-0.05, 0) is 31.9 Å². The van der Waals surface area contributed by atoms with Crippen LogP contribution in [-0.2, 0) is 11.2 Å². The highest BCUT2D eigenvalue weighted by atomic mass is 16.4. The molecule has 4 nitrogen and oxygen atoms in total. The Bertz CT molecular complexity index is 628. The minimum absolute atomic E-state index is 0.0331. The number of hydrogen-bond acceptors (Lipinski definition) is 3. The van der Waals surface area contributed by atoms with Crippen LogP contribution in [0.15, 0.2) is 34.7 Å². The number of nitrogens with one attached hydrogen (secondary N) is 1. The standard InChI is InChI=1S/C18H22N2O2/c1-13-16(12-17(21)20-15-10-6-3-7-11-15)22-18(19-13)14-8-4-2-5-9-14/h2,4-5,8-9,15H,3,6-7,10-12H2,1H3,(H,20,21). The van der Waals surface area contributed by atoms with Crippen LogP contribution in [0.3, 0.4) is 0 Å². The third-order valence-electron chi connectivity index (χ3n) is 4.20. The molecule has 2 aromatic rings. The molecule has 1 aromatic carbocycles. The molecule has 0 radical (unpaired) electrons. The number of carbonyl (C=O) groups is 1. The highest BCUT2D eigenvalue weighted by molar-refractivity contribution is 5.78. The molecule has 22 heavy (non-hydrogen) atoms. The Hall–Kier alpha value is -2.10. The zero-order valence-corrected chi connectivity index (χ0v) is 13.0. The van der Waals surface area contributed by atoms with E-state index >= 15 is 0 Å². The van der Waals surface area contributed by atoms with Gasteiger partial charge >= 0.3 is 0 Å². The van der Waals surface area contributed by atoms with Crippen molar-refractivity contribution in [3.05, 3.63) is 41.8 Å². The maximum absolute atomic E-state index is 12.2. The smallest absolute Gasteiger partial charge is 0.227 e. The van der Waals surface area contributed by atoms with E-state index in [4.69, 9.17) is 4.42 Å². The molecule has 1 saturated carbocycles. The van der Waals surface area contributed by atoms with Crippen LogP contribution < -0.4 is 5.32 Å². The van der Waals surface area contributed by atoms with Gasteiger partial charge in [0.1, 0.15) is 5.76 Å². The number of amides is 1. The average Bonchev–Trinajstić information content (AvgIpc) is 2.90. The van der Waals surface area contributed by atoms with Crippen LogP contribution >= 0.6 is 0 Å². The third kappa shape index (κ3) is 3.56. The molecule has 1 aromatic heterocycles. The fourth-order valence-corrected chi connectivity index (χ4v) is 2.97. The molecule has 0 saturated heterocycles. The van der Waals surface area contributed by atoms with Crippen LogP contribution in [0.4, 0.5) is 0 Å². The highest BCUT2D eigenvalue weighted by Crippen LogP contribution is 2.22. The Labute approximate surface area is 130 Å². The quantitative estimate of drug-likeness (QED) is 0.937. The van der Waals surface area contributed by atoms with Gasteiger partial charge in [-0.25, -0.2) is 4.98 Å². The summed E-state index contributed by atoms with van der Waals surface area (Å²) in [6.07, 6.45) is 6.16. The van der Waals surface area contributed by atoms with Gasteiger partial charge < -0.3 is 9.73 Å². The Morgan fingerprint density at radius 1 is 1.23 bits per heavy atom. The molecule has 3 rings (SSSR count). The van der Waals surface area contributed by atoms with Gasteiger partial charge in [0.25, 0.3) is 0 Å². The van der Waals surface area contributed by atoms with Gasteiger partial charge in [0.2, 0.25) is 11.8 Å². The van der Waals surface area contributed by atoms with Crippen molar-refractivity contribution in [2.75, 3.05) is 0 Å². The van der Waals surface area contributed by atoms with E-state index in [9.17, 15) is 4.79 Å². The summed E-state index contributed by atoms with van der Waals surface area (Å²) in [5.41, 5.74) is 1.72. The first-order valence-electron chi connectivity index (χ1n) is 8.03. The number of rotatable bonds is 4. The fraction of sp³-hybridized carbons (Fsp3) is 0.444. The lowest BCUT2D eigenvalue weighted by Gasteiger charge is -2.22. The molecule has 0 spiro atoms. The van der Waals surface area contributed by atoms with Crippen molar-refractivity contribution in [3.8, 4) is 11.5 Å². The summed E-state index contributed by atoms with van der Waals surface area (Å²) in [6.45, 7) is 1.89. The minimum atomic E-state index is 0.0331. The van der Waals surface area contributed by atoms with Crippen LogP contribution in [0.2, 0.25) is 0 Å². The molecule has 0 aliphatic heterocycles. The Morgan fingerprint density at radius 3 is 2.68 bits per heavy atom. The van der Waals surface area contributed by atoms with Crippen LogP contribution in [0.25, 0.3) is 11.5 Å². The SMILES string of the molecule is Cc1nc(-c2ccccc2)oc1CC(=O)NC1CCCCC1. The zero-order valence-electron chi connectivity index (χ0n) is 13.0. The molecule has 4 heteroatoms. The van der Waals surface area contributed by atoms with Gasteiger partial charge in [-0.2, -0.15) is 0 Å². The summed E-state index contributed by atoms with van der Waals surface area (Å²) in [5.74, 6) is 1.27. The van der Waals surface area contributed by atoms with Crippen LogP contribution in [0.1, 0.15) is 43.6 Å². The van der Waals surface area contributed by atoms with Crippen LogP contribution in [0.5, 0.6) is 0 Å². The van der Waals surface area contributed by atoms with Crippen molar-refractivity contribution in [1.29, 1.82) is 0 Å². The van der Waals surface area contributed by atoms with E-state index in [1.165, 1.54) is 19.3 Å². The van der Waals surface area contributed by atoms with E-state index < -0.39 is 0 Å². The average molecular weight is 298 g/mol. The molecule has 1 heterocycles. The lowest BCUT2D eigenvalue weighted by atomic mass is 9.95. The number of benzene rings is 1. The van der Waals surface area contributed by atoms with E-state index in [1.54, 1.807) is 0 Å². The third-order valence-corrected chi connectivity index (χ3v) is 4.20. The molecular weight excluding hydrogens is 276 g/mol. The van der Waals surface area contributed by atoms with Crippen molar-refractivity contribution >= 4 is 5.91 Å². The van der Waals surface area contributed by atoms with Gasteiger partial charge in [0.15, 0.2) is 0 Å². The van der Waals surface area contributed by atoms with Crippen molar-refractivity contribution in [3.63, 3.8) is 0 Å². The second kappa shape index (κ2) is 6.77. The summed E-state index contributed by atoms with van der Waals surface area (Å²) in [6, 6.07) is 10.1. The summed E-state index contributed by atoms with van der Waals surface area (Å²) >= 11 is 0. The second-order valence-corrected chi connectivity index (χ2v) is 5.97. The topological polar surface area (TPSA) is 55.1 Å². The number of carbonyl (C=O) groups excluding carboxylic acids is 1. The lowest BCUT2D eigenvalue weighted by Crippen LogP contribution is -2.37. The molecule has 1 aliphatic carbocycles. The van der Waals surface area contributed by atoms with Gasteiger partial charge in [0, 0.05) is 11.6 Å². The first kappa shape index (κ1) is 14.8. The molecule has 1 amide bonds. The van der Waals surface area contributed by atoms with Gasteiger partial charge in [-0.1, -0.05) is 37.5 Å². The molecule has 1 aliphatic rings. The molecule has 0 atom stereocenters. The van der Waals surface area contributed by atoms with E-state index in [0.29, 0.717) is 17.7 Å². The van der Waals surface area contributed by atoms with E-state index in [-0.39, 0.29) is 12.3 Å². The molecule has 1 fully saturated rings. The molecule has 0 bridgehead atoms. The monoisotopic (exact) mass is 298 g/mol. The normalized spacial score (nSPS) is 15.7. The van der Waals surface area contributed by atoms with Crippen molar-refractivity contribution in [2.24, 2.45) is 0 Å². The maximum Gasteiger partial charge on any atom is 0.227 e. The van der Waals surface area contributed by atoms with Crippen molar-refractivity contribution in [1.82, 2.24) is 10.3 Å². The fourth-order valence-electron chi connectivity index (χ4n) is 2.97. The maximum atomic E-state index is 12.2. The second-order valence-electron chi connectivity index (χ2n) is 5.97. The Balaban J connectivity index is 1.65. The number of aromatic nitrogens is 1. The summed E-state index contributed by atoms with van der Waals surface area (Å²) in [7, 11) is 0. The van der Waals surface area contributed by atoms with Crippen LogP contribution in [-0.4, -0.2) is 16.9 Å². The summed E-state index contributed by atoms with van der Waals surface area (Å²) in [4.78, 5) is 16.6. The first-order valence-corrected chi connectivity index (χ1v) is 8.03. The molecule has 116 valence electrons. The van der Waals surface area contributed by atoms with E-state index in [1.807, 2.05) is 37.3 Å². The predicted octanol–water partition coefficient (Wildman–Crippen LogP) is 3.64. The lowest BCUT2D eigenvalue weighted by molar-refractivity contribution is -0.121. The largest absolute Gasteiger partial charge is 0.440 e. The van der Waals surface area contributed by atoms with E-state index in [2.05, 4.69) is 10.3 Å². The first-order chi connectivity index (χ1) is 10.7. The van der Waals surface area contributed by atoms with Gasteiger partial charge in [-0.15, -0.1) is 0 Å². The molecule has 1 N–H and O–H groups in total. The van der Waals surface area contributed by atoms with Crippen molar-refractivity contribution in [2.45, 2.75) is 51.5 Å².